The molecule has 0 aliphatic rings. The van der Waals surface area contributed by atoms with Gasteiger partial charge in [0.2, 0.25) is 0 Å². The first-order valence-corrected chi connectivity index (χ1v) is 4.90. The predicted octanol–water partition coefficient (Wildman–Crippen LogP) is 0.953. The van der Waals surface area contributed by atoms with Crippen LogP contribution < -0.4 is 0 Å². The van der Waals surface area contributed by atoms with Gasteiger partial charge in [0.15, 0.2) is 0 Å². The normalized spacial score (nSPS) is 10.6. The second-order valence-corrected chi connectivity index (χ2v) is 4.08. The minimum Gasteiger partial charge on any atom is -0.285 e. The van der Waals surface area contributed by atoms with E-state index < -0.39 is 10.1 Å². The van der Waals surface area contributed by atoms with Gasteiger partial charge in [0.25, 0.3) is 10.1 Å². The fraction of sp³-hybridized carbons (Fsp3) is 0.250. The zero-order valence-electron chi connectivity index (χ0n) is 5.30. The second kappa shape index (κ2) is 4.01. The van der Waals surface area contributed by atoms with Crippen molar-refractivity contribution in [2.24, 2.45) is 0 Å². The first-order chi connectivity index (χ1) is 4.58. The Morgan fingerprint density at radius 2 is 2.27 bits per heavy atom. The van der Waals surface area contributed by atoms with Crippen LogP contribution in [0.4, 0.5) is 0 Å². The van der Waals surface area contributed by atoms with E-state index in [0.717, 1.165) is 0 Å². The lowest BCUT2D eigenvalue weighted by atomic mass is 10.8. The van der Waals surface area contributed by atoms with Gasteiger partial charge in [-0.15, -0.1) is 23.7 Å². The summed E-state index contributed by atoms with van der Waals surface area (Å²) in [4.78, 5) is 3.68. The zero-order valence-corrected chi connectivity index (χ0v) is 7.75. The fourth-order valence-electron chi connectivity index (χ4n) is 0.480. The van der Waals surface area contributed by atoms with Gasteiger partial charge in [0.05, 0.1) is 0 Å². The van der Waals surface area contributed by atoms with Crippen molar-refractivity contribution in [3.8, 4) is 0 Å². The molecule has 0 saturated carbocycles. The van der Waals surface area contributed by atoms with Crippen molar-refractivity contribution in [3.63, 3.8) is 0 Å². The monoisotopic (exact) mass is 215 g/mol. The minimum absolute atomic E-state index is 0. The molecule has 0 atom stereocenters. The van der Waals surface area contributed by atoms with Gasteiger partial charge >= 0.3 is 0 Å². The van der Waals surface area contributed by atoms with E-state index in [2.05, 4.69) is 4.98 Å². The van der Waals surface area contributed by atoms with Crippen molar-refractivity contribution in [2.45, 2.75) is 5.75 Å². The summed E-state index contributed by atoms with van der Waals surface area (Å²) in [5.41, 5.74) is 0. The van der Waals surface area contributed by atoms with Gasteiger partial charge < -0.3 is 0 Å². The number of thiazole rings is 1. The molecule has 64 valence electrons. The Morgan fingerprint density at radius 3 is 2.64 bits per heavy atom. The summed E-state index contributed by atoms with van der Waals surface area (Å²) >= 11 is 1.20. The van der Waals surface area contributed by atoms with E-state index in [1.165, 1.54) is 17.5 Å². The maximum Gasteiger partial charge on any atom is 0.271 e. The van der Waals surface area contributed by atoms with E-state index in [-0.39, 0.29) is 18.2 Å². The predicted molar refractivity (Wildman–Crippen MR) is 44.6 cm³/mol. The highest BCUT2D eigenvalue weighted by Gasteiger charge is 2.07. The summed E-state index contributed by atoms with van der Waals surface area (Å²) in [5.74, 6) is -0.384. The molecule has 0 fully saturated rings. The van der Waals surface area contributed by atoms with Gasteiger partial charge in [0, 0.05) is 11.6 Å². The molecule has 11 heavy (non-hydrogen) atoms. The number of hydrogen-bond acceptors (Lipinski definition) is 4. The highest BCUT2D eigenvalue weighted by Crippen LogP contribution is 2.06. The van der Waals surface area contributed by atoms with Crippen LogP contribution in [0.1, 0.15) is 5.01 Å². The SMILES string of the molecule is Cl.O=S(=O)(O)Cc1nccs1. The lowest BCUT2D eigenvalue weighted by Gasteiger charge is -1.88. The quantitative estimate of drug-likeness (QED) is 0.746. The van der Waals surface area contributed by atoms with E-state index in [0.29, 0.717) is 5.01 Å². The molecule has 0 aromatic carbocycles. The average molecular weight is 216 g/mol. The Kier molecular flexibility index (Phi) is 3.95. The highest BCUT2D eigenvalue weighted by molar-refractivity contribution is 7.85. The first kappa shape index (κ1) is 10.8. The number of rotatable bonds is 2. The summed E-state index contributed by atoms with van der Waals surface area (Å²) in [7, 11) is -3.90. The molecule has 0 amide bonds. The van der Waals surface area contributed by atoms with Crippen LogP contribution in [0.2, 0.25) is 0 Å². The molecular formula is C4H6ClNO3S2. The third-order valence-corrected chi connectivity index (χ3v) is 2.39. The van der Waals surface area contributed by atoms with Crippen LogP contribution in [0.15, 0.2) is 11.6 Å². The molecule has 0 bridgehead atoms. The van der Waals surface area contributed by atoms with Crippen LogP contribution in [0.3, 0.4) is 0 Å². The van der Waals surface area contributed by atoms with Crippen LogP contribution in [-0.2, 0) is 15.9 Å². The van der Waals surface area contributed by atoms with Gasteiger partial charge in [-0.05, 0) is 0 Å². The molecule has 7 heteroatoms. The summed E-state index contributed by atoms with van der Waals surface area (Å²) in [6.45, 7) is 0. The zero-order chi connectivity index (χ0) is 7.61. The molecule has 1 aromatic heterocycles. The smallest absolute Gasteiger partial charge is 0.271 e. The Balaban J connectivity index is 0.000001000. The largest absolute Gasteiger partial charge is 0.285 e. The van der Waals surface area contributed by atoms with Gasteiger partial charge in [-0.1, -0.05) is 0 Å². The maximum absolute atomic E-state index is 10.2. The van der Waals surface area contributed by atoms with Crippen molar-refractivity contribution in [2.75, 3.05) is 0 Å². The first-order valence-electron chi connectivity index (χ1n) is 2.41. The molecule has 1 heterocycles. The number of hydrogen-bond donors (Lipinski definition) is 1. The van der Waals surface area contributed by atoms with Crippen molar-refractivity contribution in [3.05, 3.63) is 16.6 Å². The molecule has 1 rings (SSSR count). The lowest BCUT2D eigenvalue weighted by Crippen LogP contribution is -2.00. The van der Waals surface area contributed by atoms with Gasteiger partial charge in [-0.2, -0.15) is 8.42 Å². The van der Waals surface area contributed by atoms with Crippen molar-refractivity contribution < 1.29 is 13.0 Å². The fourth-order valence-corrected chi connectivity index (χ4v) is 1.99. The molecule has 0 saturated heterocycles. The Morgan fingerprint density at radius 1 is 1.64 bits per heavy atom. The van der Waals surface area contributed by atoms with Gasteiger partial charge in [0.1, 0.15) is 10.8 Å². The van der Waals surface area contributed by atoms with Crippen LogP contribution in [-0.4, -0.2) is 18.0 Å². The van der Waals surface area contributed by atoms with Crippen LogP contribution in [0.5, 0.6) is 0 Å². The number of nitrogens with zero attached hydrogens (tertiary/aromatic N) is 1. The molecule has 1 N–H and O–H groups in total. The molecule has 4 nitrogen and oxygen atoms in total. The van der Waals surface area contributed by atoms with Crippen LogP contribution in [0.25, 0.3) is 0 Å². The third-order valence-electron chi connectivity index (χ3n) is 0.789. The third kappa shape index (κ3) is 4.31. The topological polar surface area (TPSA) is 67.3 Å². The summed E-state index contributed by atoms with van der Waals surface area (Å²) < 4.78 is 28.8. The maximum atomic E-state index is 10.2. The minimum atomic E-state index is -3.90. The van der Waals surface area contributed by atoms with Crippen LogP contribution >= 0.6 is 23.7 Å². The molecule has 0 aliphatic heterocycles. The Labute approximate surface area is 74.4 Å². The molecule has 0 spiro atoms. The average Bonchev–Trinajstić information content (AvgIpc) is 2.12. The highest BCUT2D eigenvalue weighted by atomic mass is 35.5. The van der Waals surface area contributed by atoms with E-state index in [9.17, 15) is 8.42 Å². The van der Waals surface area contributed by atoms with Crippen LogP contribution in [0, 0.1) is 0 Å². The van der Waals surface area contributed by atoms with Crippen molar-refractivity contribution in [1.29, 1.82) is 0 Å². The lowest BCUT2D eigenvalue weighted by molar-refractivity contribution is 0.482. The summed E-state index contributed by atoms with van der Waals surface area (Å²) in [6.07, 6.45) is 1.49. The van der Waals surface area contributed by atoms with E-state index in [1.54, 1.807) is 5.38 Å². The van der Waals surface area contributed by atoms with E-state index in [4.69, 9.17) is 4.55 Å². The Hall–Kier alpha value is -0.170. The number of aromatic nitrogens is 1. The molecule has 0 radical (unpaired) electrons. The molecule has 1 aromatic rings. The second-order valence-electron chi connectivity index (χ2n) is 1.65. The van der Waals surface area contributed by atoms with Crippen molar-refractivity contribution in [1.82, 2.24) is 4.98 Å². The van der Waals surface area contributed by atoms with Crippen molar-refractivity contribution >= 4 is 33.9 Å². The van der Waals surface area contributed by atoms with E-state index >= 15 is 0 Å². The number of halogens is 1. The molecule has 0 aliphatic carbocycles. The van der Waals surface area contributed by atoms with Gasteiger partial charge in [-0.25, -0.2) is 4.98 Å². The Bertz CT molecular complexity index is 293. The standard InChI is InChI=1S/C4H5NO3S2.ClH/c6-10(7,8)3-4-5-1-2-9-4;/h1-2H,3H2,(H,6,7,8);1H. The molecular weight excluding hydrogens is 210 g/mol. The van der Waals surface area contributed by atoms with Gasteiger partial charge in [-0.3, -0.25) is 4.55 Å². The molecule has 0 unspecified atom stereocenters. The summed E-state index contributed by atoms with van der Waals surface area (Å²) in [6, 6.07) is 0. The summed E-state index contributed by atoms with van der Waals surface area (Å²) in [5, 5.41) is 2.06. The van der Waals surface area contributed by atoms with E-state index in [1.807, 2.05) is 0 Å².